The Morgan fingerprint density at radius 3 is 2.44 bits per heavy atom. The number of aromatic nitrogens is 2. The van der Waals surface area contributed by atoms with E-state index in [4.69, 9.17) is 4.74 Å². The van der Waals surface area contributed by atoms with E-state index in [-0.39, 0.29) is 28.8 Å². The highest BCUT2D eigenvalue weighted by atomic mass is 79.9. The molecule has 5 heteroatoms. The predicted molar refractivity (Wildman–Crippen MR) is 101 cm³/mol. The molecule has 136 valence electrons. The molecule has 0 aliphatic carbocycles. The number of halogens is 1. The third kappa shape index (κ3) is 3.43. The van der Waals surface area contributed by atoms with E-state index in [1.54, 1.807) is 25.4 Å². The second-order valence-corrected chi connectivity index (χ2v) is 6.26. The molecule has 4 nitrogen and oxygen atoms in total. The standard InChI is InChI=1S/C22H19N2O2.BrH/c1-15(22(25)18-9-11-19(26-2)12-10-18)24-14-4-6-17-8-7-16-5-3-13-23-20(16)21(17)24;/h3-15H,1-2H3;1H/q+1;/p-1. The van der Waals surface area contributed by atoms with Gasteiger partial charge >= 0.3 is 0 Å². The number of benzene rings is 2. The van der Waals surface area contributed by atoms with Crippen molar-refractivity contribution in [3.8, 4) is 5.75 Å². The van der Waals surface area contributed by atoms with Crippen molar-refractivity contribution in [2.45, 2.75) is 13.0 Å². The number of carbonyl (C=O) groups excluding carboxylic acids is 1. The van der Waals surface area contributed by atoms with Crippen molar-refractivity contribution in [2.24, 2.45) is 0 Å². The fourth-order valence-electron chi connectivity index (χ4n) is 3.31. The molecule has 4 rings (SSSR count). The lowest BCUT2D eigenvalue weighted by molar-refractivity contribution is -0.678. The van der Waals surface area contributed by atoms with Crippen LogP contribution in [0.4, 0.5) is 0 Å². The summed E-state index contributed by atoms with van der Waals surface area (Å²) in [5.41, 5.74) is 2.54. The minimum Gasteiger partial charge on any atom is -1.00 e. The van der Waals surface area contributed by atoms with E-state index in [0.29, 0.717) is 5.56 Å². The van der Waals surface area contributed by atoms with Gasteiger partial charge in [0.05, 0.1) is 7.11 Å². The van der Waals surface area contributed by atoms with Gasteiger partial charge in [0.2, 0.25) is 17.3 Å². The summed E-state index contributed by atoms with van der Waals surface area (Å²) >= 11 is 0. The molecular weight excluding hydrogens is 404 g/mol. The third-order valence-electron chi connectivity index (χ3n) is 4.73. The number of nitrogens with zero attached hydrogens (tertiary/aromatic N) is 2. The number of rotatable bonds is 4. The van der Waals surface area contributed by atoms with E-state index in [1.807, 2.05) is 54.1 Å². The van der Waals surface area contributed by atoms with E-state index in [9.17, 15) is 4.79 Å². The lowest BCUT2D eigenvalue weighted by Gasteiger charge is -2.10. The summed E-state index contributed by atoms with van der Waals surface area (Å²) in [7, 11) is 1.61. The first kappa shape index (κ1) is 19.0. The molecule has 0 bridgehead atoms. The number of ketones is 1. The molecule has 0 spiro atoms. The van der Waals surface area contributed by atoms with Gasteiger partial charge in [-0.1, -0.05) is 12.1 Å². The highest BCUT2D eigenvalue weighted by molar-refractivity contribution is 6.02. The smallest absolute Gasteiger partial charge is 0.239 e. The topological polar surface area (TPSA) is 43.1 Å². The van der Waals surface area contributed by atoms with Crippen LogP contribution in [-0.4, -0.2) is 17.9 Å². The van der Waals surface area contributed by atoms with Gasteiger partial charge in [-0.2, -0.15) is 4.57 Å². The Hall–Kier alpha value is -2.79. The summed E-state index contributed by atoms with van der Waals surface area (Å²) < 4.78 is 7.19. The zero-order chi connectivity index (χ0) is 18.1. The Morgan fingerprint density at radius 2 is 1.70 bits per heavy atom. The molecule has 0 amide bonds. The van der Waals surface area contributed by atoms with Gasteiger partial charge < -0.3 is 21.7 Å². The van der Waals surface area contributed by atoms with Gasteiger partial charge in [0.15, 0.2) is 6.20 Å². The molecule has 1 atom stereocenters. The predicted octanol–water partition coefficient (Wildman–Crippen LogP) is 1.13. The second kappa shape index (κ2) is 7.84. The van der Waals surface area contributed by atoms with E-state index in [1.165, 1.54) is 0 Å². The van der Waals surface area contributed by atoms with Gasteiger partial charge in [0.1, 0.15) is 11.3 Å². The fourth-order valence-corrected chi connectivity index (χ4v) is 3.31. The van der Waals surface area contributed by atoms with Gasteiger partial charge in [-0.15, -0.1) is 0 Å². The third-order valence-corrected chi connectivity index (χ3v) is 4.73. The number of hydrogen-bond acceptors (Lipinski definition) is 3. The van der Waals surface area contributed by atoms with Gasteiger partial charge in [0, 0.05) is 35.5 Å². The van der Waals surface area contributed by atoms with Crippen LogP contribution in [0.3, 0.4) is 0 Å². The molecule has 0 aliphatic rings. The lowest BCUT2D eigenvalue weighted by atomic mass is 10.0. The molecular formula is C22H19BrN2O2. The van der Waals surface area contributed by atoms with Crippen LogP contribution in [0.15, 0.2) is 73.1 Å². The first-order valence-corrected chi connectivity index (χ1v) is 8.55. The zero-order valence-corrected chi connectivity index (χ0v) is 16.7. The molecule has 0 saturated heterocycles. The molecule has 2 aromatic heterocycles. The Morgan fingerprint density at radius 1 is 1.00 bits per heavy atom. The van der Waals surface area contributed by atoms with Crippen LogP contribution in [-0.2, 0) is 0 Å². The summed E-state index contributed by atoms with van der Waals surface area (Å²) in [5.74, 6) is 0.792. The van der Waals surface area contributed by atoms with Gasteiger partial charge in [-0.25, -0.2) is 4.98 Å². The summed E-state index contributed by atoms with van der Waals surface area (Å²) in [5, 5.41) is 2.12. The van der Waals surface area contributed by atoms with Crippen molar-refractivity contribution in [1.29, 1.82) is 0 Å². The van der Waals surface area contributed by atoms with E-state index >= 15 is 0 Å². The Labute approximate surface area is 168 Å². The van der Waals surface area contributed by atoms with Crippen LogP contribution in [0.25, 0.3) is 21.8 Å². The summed E-state index contributed by atoms with van der Waals surface area (Å²) in [6.45, 7) is 1.92. The molecule has 0 saturated carbocycles. The minimum absolute atomic E-state index is 0. The summed E-state index contributed by atoms with van der Waals surface area (Å²) in [6.07, 6.45) is 3.73. The number of Topliss-reactive ketones (excluding diaryl/α,β-unsaturated/α-hetero) is 1. The van der Waals surface area contributed by atoms with Crippen molar-refractivity contribution >= 4 is 27.6 Å². The average molecular weight is 423 g/mol. The zero-order valence-electron chi connectivity index (χ0n) is 15.1. The number of pyridine rings is 2. The SMILES string of the molecule is COc1ccc(C(=O)C(C)[n+]2cccc3ccc4cccnc4c32)cc1.[Br-]. The molecule has 4 aromatic rings. The number of carbonyl (C=O) groups is 1. The molecule has 27 heavy (non-hydrogen) atoms. The Balaban J connectivity index is 0.00000210. The van der Waals surface area contributed by atoms with Crippen molar-refractivity contribution in [1.82, 2.24) is 4.98 Å². The van der Waals surface area contributed by atoms with Crippen LogP contribution in [0.2, 0.25) is 0 Å². The van der Waals surface area contributed by atoms with Crippen molar-refractivity contribution in [2.75, 3.05) is 7.11 Å². The highest BCUT2D eigenvalue weighted by Gasteiger charge is 2.27. The van der Waals surface area contributed by atoms with Crippen LogP contribution in [0.1, 0.15) is 23.3 Å². The molecule has 0 radical (unpaired) electrons. The largest absolute Gasteiger partial charge is 1.00 e. The van der Waals surface area contributed by atoms with E-state index in [2.05, 4.69) is 17.1 Å². The summed E-state index contributed by atoms with van der Waals surface area (Å²) in [4.78, 5) is 17.6. The minimum atomic E-state index is -0.347. The average Bonchev–Trinajstić information content (AvgIpc) is 2.72. The van der Waals surface area contributed by atoms with E-state index in [0.717, 1.165) is 27.6 Å². The highest BCUT2D eigenvalue weighted by Crippen LogP contribution is 2.22. The molecule has 0 aliphatic heterocycles. The lowest BCUT2D eigenvalue weighted by Crippen LogP contribution is -3.00. The normalized spacial score (nSPS) is 11.8. The van der Waals surface area contributed by atoms with Gasteiger partial charge in [-0.05, 0) is 42.5 Å². The Bertz CT molecular complexity index is 1110. The fraction of sp³-hybridized carbons (Fsp3) is 0.136. The summed E-state index contributed by atoms with van der Waals surface area (Å²) in [6, 6.07) is 19.0. The number of hydrogen-bond donors (Lipinski definition) is 0. The van der Waals surface area contributed by atoms with E-state index < -0.39 is 0 Å². The maximum absolute atomic E-state index is 13.0. The molecule has 0 N–H and O–H groups in total. The molecule has 1 unspecified atom stereocenters. The quantitative estimate of drug-likeness (QED) is 0.281. The molecule has 2 aromatic carbocycles. The Kier molecular flexibility index (Phi) is 5.51. The van der Waals surface area contributed by atoms with Crippen LogP contribution in [0.5, 0.6) is 5.75 Å². The first-order valence-electron chi connectivity index (χ1n) is 8.55. The number of methoxy groups -OCH3 is 1. The monoisotopic (exact) mass is 422 g/mol. The first-order chi connectivity index (χ1) is 12.7. The van der Waals surface area contributed by atoms with Crippen LogP contribution in [0, 0.1) is 0 Å². The maximum Gasteiger partial charge on any atom is 0.239 e. The second-order valence-electron chi connectivity index (χ2n) is 6.26. The van der Waals surface area contributed by atoms with Crippen molar-refractivity contribution < 1.29 is 31.1 Å². The van der Waals surface area contributed by atoms with Gasteiger partial charge in [0.25, 0.3) is 0 Å². The van der Waals surface area contributed by atoms with Gasteiger partial charge in [-0.3, -0.25) is 4.79 Å². The molecule has 0 fully saturated rings. The van der Waals surface area contributed by atoms with Crippen molar-refractivity contribution in [3.63, 3.8) is 0 Å². The number of ether oxygens (including phenoxy) is 1. The maximum atomic E-state index is 13.0. The van der Waals surface area contributed by atoms with Crippen molar-refractivity contribution in [3.05, 3.63) is 78.6 Å². The van der Waals surface area contributed by atoms with Crippen LogP contribution < -0.4 is 26.3 Å². The van der Waals surface area contributed by atoms with Crippen LogP contribution >= 0.6 is 0 Å². The molecule has 2 heterocycles. The number of fused-ring (bicyclic) bond motifs is 3.